The van der Waals surface area contributed by atoms with Crippen molar-refractivity contribution in [1.29, 1.82) is 0 Å². The Bertz CT molecular complexity index is 1230. The zero-order chi connectivity index (χ0) is 27.2. The summed E-state index contributed by atoms with van der Waals surface area (Å²) in [5, 5.41) is 15.7. The SMILES string of the molecule is CCOc1ccc(/C=N/NC(=Nc2ccccc2)c2cc(C(C)(C)C)c(O)c(C(C)(C)C)c2)cc1OC. The zero-order valence-corrected chi connectivity index (χ0v) is 23.2. The van der Waals surface area contributed by atoms with Crippen molar-refractivity contribution in [3.05, 3.63) is 82.9 Å². The lowest BCUT2D eigenvalue weighted by Gasteiger charge is -2.28. The number of hydrogen-bond acceptors (Lipinski definition) is 5. The molecule has 0 aromatic heterocycles. The summed E-state index contributed by atoms with van der Waals surface area (Å²) >= 11 is 0. The van der Waals surface area contributed by atoms with E-state index in [1.54, 1.807) is 13.3 Å². The van der Waals surface area contributed by atoms with Crippen LogP contribution in [0.1, 0.15) is 70.7 Å². The van der Waals surface area contributed by atoms with Gasteiger partial charge in [-0.1, -0.05) is 59.7 Å². The van der Waals surface area contributed by atoms with Gasteiger partial charge in [-0.3, -0.25) is 5.43 Å². The first-order chi connectivity index (χ1) is 17.4. The number of aliphatic imine (C=N–C) groups is 1. The fourth-order valence-corrected chi connectivity index (χ4v) is 3.91. The highest BCUT2D eigenvalue weighted by molar-refractivity contribution is 6.01. The number of nitrogens with zero attached hydrogens (tertiary/aromatic N) is 2. The number of benzene rings is 3. The number of phenols is 1. The predicted molar refractivity (Wildman–Crippen MR) is 153 cm³/mol. The van der Waals surface area contributed by atoms with Crippen molar-refractivity contribution < 1.29 is 14.6 Å². The van der Waals surface area contributed by atoms with Crippen LogP contribution >= 0.6 is 0 Å². The van der Waals surface area contributed by atoms with Gasteiger partial charge in [0.05, 0.1) is 25.6 Å². The smallest absolute Gasteiger partial charge is 0.161 e. The van der Waals surface area contributed by atoms with Crippen LogP contribution in [0, 0.1) is 0 Å². The maximum Gasteiger partial charge on any atom is 0.161 e. The third-order valence-electron chi connectivity index (χ3n) is 5.87. The summed E-state index contributed by atoms with van der Waals surface area (Å²) in [6.07, 6.45) is 1.72. The lowest BCUT2D eigenvalue weighted by Crippen LogP contribution is -2.23. The number of phenolic OH excluding ortho intramolecular Hbond substituents is 1. The van der Waals surface area contributed by atoms with Gasteiger partial charge in [0.25, 0.3) is 0 Å². The molecule has 0 fully saturated rings. The molecule has 0 amide bonds. The lowest BCUT2D eigenvalue weighted by atomic mass is 9.78. The van der Waals surface area contributed by atoms with Crippen molar-refractivity contribution >= 4 is 17.7 Å². The molecule has 0 aliphatic heterocycles. The normalized spacial score (nSPS) is 12.6. The zero-order valence-electron chi connectivity index (χ0n) is 23.2. The summed E-state index contributed by atoms with van der Waals surface area (Å²) in [4.78, 5) is 4.87. The molecule has 37 heavy (non-hydrogen) atoms. The fourth-order valence-electron chi connectivity index (χ4n) is 3.91. The monoisotopic (exact) mass is 501 g/mol. The minimum absolute atomic E-state index is 0.264. The van der Waals surface area contributed by atoms with Gasteiger partial charge in [-0.15, -0.1) is 0 Å². The Labute approximate surface area is 221 Å². The minimum atomic E-state index is -0.264. The Morgan fingerprint density at radius 1 is 0.892 bits per heavy atom. The highest BCUT2D eigenvalue weighted by atomic mass is 16.5. The van der Waals surface area contributed by atoms with Crippen molar-refractivity contribution in [2.75, 3.05) is 13.7 Å². The summed E-state index contributed by atoms with van der Waals surface area (Å²) in [5.74, 6) is 2.24. The second-order valence-electron chi connectivity index (χ2n) is 10.9. The van der Waals surface area contributed by atoms with Gasteiger partial charge in [-0.25, -0.2) is 4.99 Å². The number of rotatable bonds is 7. The Morgan fingerprint density at radius 2 is 1.51 bits per heavy atom. The van der Waals surface area contributed by atoms with Crippen LogP contribution in [0.15, 0.2) is 70.8 Å². The second kappa shape index (κ2) is 11.5. The van der Waals surface area contributed by atoms with Gasteiger partial charge in [-0.2, -0.15) is 5.10 Å². The number of aromatic hydroxyl groups is 1. The Hall–Kier alpha value is -3.80. The van der Waals surface area contributed by atoms with E-state index in [0.717, 1.165) is 27.9 Å². The molecule has 0 saturated heterocycles. The molecule has 6 nitrogen and oxygen atoms in total. The number of para-hydroxylation sites is 1. The molecule has 0 bridgehead atoms. The molecule has 6 heteroatoms. The van der Waals surface area contributed by atoms with Gasteiger partial charge in [0.15, 0.2) is 17.3 Å². The molecule has 0 radical (unpaired) electrons. The summed E-state index contributed by atoms with van der Waals surface area (Å²) in [5.41, 5.74) is 6.84. The van der Waals surface area contributed by atoms with Crippen LogP contribution in [0.2, 0.25) is 0 Å². The molecule has 0 spiro atoms. The van der Waals surface area contributed by atoms with Gasteiger partial charge >= 0.3 is 0 Å². The van der Waals surface area contributed by atoms with Crippen LogP contribution in [0.4, 0.5) is 5.69 Å². The summed E-state index contributed by atoms with van der Waals surface area (Å²) in [6, 6.07) is 19.4. The Morgan fingerprint density at radius 3 is 2.05 bits per heavy atom. The summed E-state index contributed by atoms with van der Waals surface area (Å²) in [6.45, 7) is 15.1. The van der Waals surface area contributed by atoms with Gasteiger partial charge in [0.2, 0.25) is 0 Å². The van der Waals surface area contributed by atoms with Crippen LogP contribution in [-0.4, -0.2) is 30.9 Å². The number of hydrazone groups is 1. The highest BCUT2D eigenvalue weighted by Gasteiger charge is 2.27. The molecule has 196 valence electrons. The van der Waals surface area contributed by atoms with E-state index in [0.29, 0.717) is 29.7 Å². The van der Waals surface area contributed by atoms with Crippen molar-refractivity contribution in [3.8, 4) is 17.2 Å². The average Bonchev–Trinajstić information content (AvgIpc) is 2.83. The van der Waals surface area contributed by atoms with Gasteiger partial charge in [0, 0.05) is 16.7 Å². The van der Waals surface area contributed by atoms with Crippen LogP contribution in [-0.2, 0) is 10.8 Å². The number of hydrogen-bond donors (Lipinski definition) is 2. The summed E-state index contributed by atoms with van der Waals surface area (Å²) in [7, 11) is 1.62. The number of amidine groups is 1. The predicted octanol–water partition coefficient (Wildman–Crippen LogP) is 7.10. The minimum Gasteiger partial charge on any atom is -0.507 e. The van der Waals surface area contributed by atoms with Gasteiger partial charge in [0.1, 0.15) is 5.75 Å². The second-order valence-corrected chi connectivity index (χ2v) is 10.9. The van der Waals surface area contributed by atoms with Crippen LogP contribution in [0.5, 0.6) is 17.2 Å². The van der Waals surface area contributed by atoms with E-state index in [2.05, 4.69) is 52.1 Å². The topological polar surface area (TPSA) is 75.4 Å². The van der Waals surface area contributed by atoms with Crippen LogP contribution in [0.25, 0.3) is 0 Å². The molecule has 0 aliphatic rings. The highest BCUT2D eigenvalue weighted by Crippen LogP contribution is 2.40. The maximum atomic E-state index is 11.2. The number of methoxy groups -OCH3 is 1. The maximum absolute atomic E-state index is 11.2. The average molecular weight is 502 g/mol. The van der Waals surface area contributed by atoms with Crippen molar-refractivity contribution in [2.45, 2.75) is 59.3 Å². The van der Waals surface area contributed by atoms with E-state index >= 15 is 0 Å². The third kappa shape index (κ3) is 7.13. The van der Waals surface area contributed by atoms with Gasteiger partial charge in [-0.05, 0) is 65.8 Å². The van der Waals surface area contributed by atoms with E-state index in [-0.39, 0.29) is 10.8 Å². The van der Waals surface area contributed by atoms with E-state index < -0.39 is 0 Å². The van der Waals surface area contributed by atoms with Crippen LogP contribution < -0.4 is 14.9 Å². The third-order valence-corrected chi connectivity index (χ3v) is 5.87. The van der Waals surface area contributed by atoms with E-state index in [4.69, 9.17) is 14.5 Å². The lowest BCUT2D eigenvalue weighted by molar-refractivity contribution is 0.311. The molecule has 3 aromatic carbocycles. The van der Waals surface area contributed by atoms with E-state index in [1.807, 2.05) is 67.6 Å². The largest absolute Gasteiger partial charge is 0.507 e. The number of nitrogens with one attached hydrogen (secondary N) is 1. The Kier molecular flexibility index (Phi) is 8.64. The van der Waals surface area contributed by atoms with Crippen molar-refractivity contribution in [2.24, 2.45) is 10.1 Å². The molecule has 0 aliphatic carbocycles. The molecular formula is C31H39N3O3. The molecule has 3 aromatic rings. The number of ether oxygens (including phenoxy) is 2. The van der Waals surface area contributed by atoms with Crippen molar-refractivity contribution in [3.63, 3.8) is 0 Å². The standard InChI is InChI=1S/C31H39N3O3/c1-9-37-26-16-15-21(17-27(26)36-8)20-32-34-29(33-23-13-11-10-12-14-23)22-18-24(30(2,3)4)28(35)25(19-22)31(5,6)7/h10-20,35H,9H2,1-8H3,(H,33,34)/b32-20+. The molecule has 0 atom stereocenters. The molecule has 0 unspecified atom stereocenters. The van der Waals surface area contributed by atoms with Crippen LogP contribution in [0.3, 0.4) is 0 Å². The van der Waals surface area contributed by atoms with E-state index in [9.17, 15) is 5.11 Å². The quantitative estimate of drug-likeness (QED) is 0.206. The fraction of sp³-hybridized carbons (Fsp3) is 0.355. The molecule has 0 heterocycles. The van der Waals surface area contributed by atoms with E-state index in [1.165, 1.54) is 0 Å². The first-order valence-electron chi connectivity index (χ1n) is 12.6. The molecular weight excluding hydrogens is 462 g/mol. The Balaban J connectivity index is 2.08. The molecule has 0 saturated carbocycles. The molecule has 2 N–H and O–H groups in total. The molecule has 3 rings (SSSR count). The van der Waals surface area contributed by atoms with Crippen molar-refractivity contribution in [1.82, 2.24) is 5.43 Å². The first-order valence-corrected chi connectivity index (χ1v) is 12.6. The van der Waals surface area contributed by atoms with Gasteiger partial charge < -0.3 is 14.6 Å². The summed E-state index contributed by atoms with van der Waals surface area (Å²) < 4.78 is 11.1. The first kappa shape index (κ1) is 27.8.